The maximum Gasteiger partial charge on any atom is 0.225 e. The van der Waals surface area contributed by atoms with Gasteiger partial charge in [-0.1, -0.05) is 12.1 Å². The van der Waals surface area contributed by atoms with E-state index in [9.17, 15) is 4.39 Å². The normalized spacial score (nSPS) is 15.7. The molecule has 9 nitrogen and oxygen atoms in total. The third-order valence-corrected chi connectivity index (χ3v) is 7.16. The molecule has 0 amide bonds. The van der Waals surface area contributed by atoms with Gasteiger partial charge in [0.15, 0.2) is 5.82 Å². The summed E-state index contributed by atoms with van der Waals surface area (Å²) in [5.74, 6) is -0.0795. The predicted octanol–water partition coefficient (Wildman–Crippen LogP) is 3.35. The van der Waals surface area contributed by atoms with E-state index in [2.05, 4.69) is 25.1 Å². The molecule has 0 bridgehead atoms. The Morgan fingerprint density at radius 2 is 1.50 bits per heavy atom. The van der Waals surface area contributed by atoms with Crippen LogP contribution in [-0.2, 0) is 12.6 Å². The summed E-state index contributed by atoms with van der Waals surface area (Å²) >= 11 is 0. The van der Waals surface area contributed by atoms with Crippen LogP contribution in [0, 0.1) is 11.6 Å². The molecule has 194 valence electrons. The van der Waals surface area contributed by atoms with Crippen LogP contribution in [0.4, 0.5) is 20.4 Å². The summed E-state index contributed by atoms with van der Waals surface area (Å²) in [4.78, 5) is 13.2. The van der Waals surface area contributed by atoms with E-state index in [-0.39, 0.29) is 11.6 Å². The molecule has 0 aliphatic carbocycles. The summed E-state index contributed by atoms with van der Waals surface area (Å²) in [5, 5.41) is 8.47. The third-order valence-electron chi connectivity index (χ3n) is 7.16. The van der Waals surface area contributed by atoms with Gasteiger partial charge in [0.25, 0.3) is 0 Å². The Morgan fingerprint density at radius 3 is 2.16 bits per heavy atom. The molecule has 0 spiro atoms. The lowest BCUT2D eigenvalue weighted by Crippen LogP contribution is -2.47. The quantitative estimate of drug-likeness (QED) is 0.384. The smallest absolute Gasteiger partial charge is 0.225 e. The van der Waals surface area contributed by atoms with Crippen LogP contribution in [0.25, 0.3) is 16.6 Å². The Hall–Kier alpha value is -4.38. The van der Waals surface area contributed by atoms with Crippen LogP contribution in [-0.4, -0.2) is 55.5 Å². The number of anilines is 2. The Bertz CT molecular complexity index is 1580. The second-order valence-electron chi connectivity index (χ2n) is 9.76. The molecule has 1 saturated heterocycles. The van der Waals surface area contributed by atoms with Crippen LogP contribution < -0.4 is 15.5 Å². The number of fused-ring (bicyclic) bond motifs is 1. The van der Waals surface area contributed by atoms with E-state index in [1.54, 1.807) is 39.9 Å². The topological polar surface area (TPSA) is 93.4 Å². The molecule has 1 aliphatic heterocycles. The first-order valence-electron chi connectivity index (χ1n) is 12.3. The molecule has 1 fully saturated rings. The highest BCUT2D eigenvalue weighted by Gasteiger charge is 2.27. The summed E-state index contributed by atoms with van der Waals surface area (Å²) < 4.78 is 31.8. The molecule has 0 unspecified atom stereocenters. The van der Waals surface area contributed by atoms with Crippen LogP contribution >= 0.6 is 0 Å². The highest BCUT2D eigenvalue weighted by Crippen LogP contribution is 2.31. The fourth-order valence-electron chi connectivity index (χ4n) is 4.91. The van der Waals surface area contributed by atoms with Crippen molar-refractivity contribution in [2.45, 2.75) is 12.5 Å². The van der Waals surface area contributed by atoms with Crippen LogP contribution in [0.5, 0.6) is 0 Å². The summed E-state index contributed by atoms with van der Waals surface area (Å²) in [5.41, 5.74) is 10.3. The molecule has 1 atom stereocenters. The number of benzene rings is 1. The number of halogens is 2. The van der Waals surface area contributed by atoms with Crippen molar-refractivity contribution in [3.63, 3.8) is 0 Å². The Labute approximate surface area is 218 Å². The minimum Gasteiger partial charge on any atom is -0.364 e. The van der Waals surface area contributed by atoms with Crippen molar-refractivity contribution in [1.29, 1.82) is 0 Å². The molecular formula is C27H27F2N9. The lowest BCUT2D eigenvalue weighted by Gasteiger charge is -2.36. The van der Waals surface area contributed by atoms with Gasteiger partial charge in [0.2, 0.25) is 5.95 Å². The molecule has 5 aromatic rings. The molecule has 11 heteroatoms. The Balaban J connectivity index is 1.19. The standard InChI is InChI=1S/C27H27F2N9/c1-27(30,20-3-5-22(28)6-4-20)21-13-31-26(32-14-21)37-9-7-36(8-10-37)25-23(29)15-34-38-17-18(11-24(25)38)19-12-33-35(2)16-19/h3-6,11-17H,7-10,30H2,1-2H3/t27-/m0/s1. The first-order valence-corrected chi connectivity index (χ1v) is 12.3. The molecule has 0 saturated carbocycles. The minimum absolute atomic E-state index is 0.312. The van der Waals surface area contributed by atoms with E-state index in [0.29, 0.717) is 43.3 Å². The number of aromatic nitrogens is 6. The van der Waals surface area contributed by atoms with Crippen LogP contribution in [0.1, 0.15) is 18.1 Å². The van der Waals surface area contributed by atoms with Crippen molar-refractivity contribution >= 4 is 17.2 Å². The molecule has 6 rings (SSSR count). The highest BCUT2D eigenvalue weighted by molar-refractivity contribution is 5.80. The predicted molar refractivity (Wildman–Crippen MR) is 141 cm³/mol. The Morgan fingerprint density at radius 1 is 0.816 bits per heavy atom. The first kappa shape index (κ1) is 24.0. The van der Waals surface area contributed by atoms with Gasteiger partial charge in [0.05, 0.1) is 23.4 Å². The van der Waals surface area contributed by atoms with Crippen molar-refractivity contribution in [3.05, 3.63) is 90.3 Å². The van der Waals surface area contributed by atoms with E-state index in [4.69, 9.17) is 5.73 Å². The minimum atomic E-state index is -0.860. The van der Waals surface area contributed by atoms with Crippen LogP contribution in [0.3, 0.4) is 0 Å². The average Bonchev–Trinajstić information content (AvgIpc) is 3.55. The van der Waals surface area contributed by atoms with E-state index in [0.717, 1.165) is 22.3 Å². The number of aryl methyl sites for hydroxylation is 1. The first-order chi connectivity index (χ1) is 18.3. The average molecular weight is 516 g/mol. The summed E-state index contributed by atoms with van der Waals surface area (Å²) in [6, 6.07) is 8.07. The molecule has 38 heavy (non-hydrogen) atoms. The number of hydrogen-bond acceptors (Lipinski definition) is 7. The maximum absolute atomic E-state index is 15.1. The molecule has 2 N–H and O–H groups in total. The van der Waals surface area contributed by atoms with Gasteiger partial charge >= 0.3 is 0 Å². The fraction of sp³-hybridized carbons (Fsp3) is 0.259. The third kappa shape index (κ3) is 4.24. The zero-order valence-corrected chi connectivity index (χ0v) is 21.1. The molecule has 1 aliphatic rings. The van der Waals surface area contributed by atoms with Gasteiger partial charge in [-0.2, -0.15) is 10.2 Å². The van der Waals surface area contributed by atoms with Gasteiger partial charge in [-0.25, -0.2) is 23.3 Å². The van der Waals surface area contributed by atoms with Crippen molar-refractivity contribution in [3.8, 4) is 11.1 Å². The van der Waals surface area contributed by atoms with Gasteiger partial charge in [-0.05, 0) is 30.7 Å². The van der Waals surface area contributed by atoms with Crippen molar-refractivity contribution < 1.29 is 8.78 Å². The molecule has 1 aromatic carbocycles. The van der Waals surface area contributed by atoms with Crippen LogP contribution in [0.2, 0.25) is 0 Å². The highest BCUT2D eigenvalue weighted by atomic mass is 19.1. The molecule has 5 heterocycles. The van der Waals surface area contributed by atoms with E-state index < -0.39 is 5.54 Å². The van der Waals surface area contributed by atoms with E-state index in [1.165, 1.54) is 18.3 Å². The summed E-state index contributed by atoms with van der Waals surface area (Å²) in [6.07, 6.45) is 10.3. The summed E-state index contributed by atoms with van der Waals surface area (Å²) in [7, 11) is 1.86. The number of nitrogens with zero attached hydrogens (tertiary/aromatic N) is 8. The monoisotopic (exact) mass is 515 g/mol. The molecule has 4 aromatic heterocycles. The van der Waals surface area contributed by atoms with Crippen molar-refractivity contribution in [2.24, 2.45) is 12.8 Å². The van der Waals surface area contributed by atoms with E-state index in [1.807, 2.05) is 37.3 Å². The van der Waals surface area contributed by atoms with Gasteiger partial charge in [-0.3, -0.25) is 4.68 Å². The molecular weight excluding hydrogens is 488 g/mol. The van der Waals surface area contributed by atoms with Gasteiger partial charge < -0.3 is 15.5 Å². The second-order valence-corrected chi connectivity index (χ2v) is 9.76. The second kappa shape index (κ2) is 9.18. The number of hydrogen-bond donors (Lipinski definition) is 1. The van der Waals surface area contributed by atoms with Crippen molar-refractivity contribution in [2.75, 3.05) is 36.0 Å². The SMILES string of the molecule is Cn1cc(-c2cc3c(N4CCN(c5ncc([C@@](C)(N)c6ccc(F)cc6)cn5)CC4)c(F)cnn3c2)cn1. The summed E-state index contributed by atoms with van der Waals surface area (Å²) in [6.45, 7) is 4.30. The van der Waals surface area contributed by atoms with Crippen LogP contribution in [0.15, 0.2) is 67.5 Å². The van der Waals surface area contributed by atoms with Gasteiger partial charge in [0, 0.05) is 74.7 Å². The Kier molecular flexibility index (Phi) is 5.79. The van der Waals surface area contributed by atoms with E-state index >= 15 is 4.39 Å². The van der Waals surface area contributed by atoms with Crippen molar-refractivity contribution in [1.82, 2.24) is 29.4 Å². The number of nitrogens with two attached hydrogens (primary N) is 1. The lowest BCUT2D eigenvalue weighted by molar-refractivity contribution is 0.580. The fourth-order valence-corrected chi connectivity index (χ4v) is 4.91. The largest absolute Gasteiger partial charge is 0.364 e. The zero-order chi connectivity index (χ0) is 26.4. The lowest BCUT2D eigenvalue weighted by atomic mass is 9.87. The van der Waals surface area contributed by atoms with Gasteiger partial charge in [0.1, 0.15) is 11.5 Å². The molecule has 0 radical (unpaired) electrons. The number of rotatable bonds is 5. The maximum atomic E-state index is 15.1. The zero-order valence-electron chi connectivity index (χ0n) is 21.1. The van der Waals surface area contributed by atoms with Gasteiger partial charge in [-0.15, -0.1) is 0 Å². The number of piperazine rings is 1.